The van der Waals surface area contributed by atoms with Crippen LogP contribution in [0.3, 0.4) is 0 Å². The molecule has 2 fully saturated rings. The fourth-order valence-electron chi connectivity index (χ4n) is 6.89. The molecule has 0 bridgehead atoms. The van der Waals surface area contributed by atoms with E-state index in [1.165, 1.54) is 49.6 Å². The van der Waals surface area contributed by atoms with Crippen LogP contribution < -0.4 is 19.7 Å². The van der Waals surface area contributed by atoms with Crippen molar-refractivity contribution in [1.29, 1.82) is 0 Å². The van der Waals surface area contributed by atoms with E-state index < -0.39 is 5.97 Å². The van der Waals surface area contributed by atoms with Crippen LogP contribution in [0.1, 0.15) is 99.9 Å². The lowest BCUT2D eigenvalue weighted by atomic mass is 9.84. The second-order valence-corrected chi connectivity index (χ2v) is 16.4. The summed E-state index contributed by atoms with van der Waals surface area (Å²) in [6, 6.07) is 11.1. The summed E-state index contributed by atoms with van der Waals surface area (Å²) in [5.41, 5.74) is 5.27. The van der Waals surface area contributed by atoms with Crippen molar-refractivity contribution in [1.82, 2.24) is 20.3 Å². The highest BCUT2D eigenvalue weighted by Gasteiger charge is 2.22. The zero-order valence-electron chi connectivity index (χ0n) is 32.6. The summed E-state index contributed by atoms with van der Waals surface area (Å²) < 4.78 is 15.4. The molecule has 3 heterocycles. The van der Waals surface area contributed by atoms with Crippen LogP contribution in [0.25, 0.3) is 6.08 Å². The van der Waals surface area contributed by atoms with Gasteiger partial charge in [0.05, 0.1) is 42.0 Å². The van der Waals surface area contributed by atoms with Crippen LogP contribution in [0.2, 0.25) is 0 Å². The monoisotopic (exact) mass is 754 g/mol. The summed E-state index contributed by atoms with van der Waals surface area (Å²) in [6.07, 6.45) is 20.8. The van der Waals surface area contributed by atoms with E-state index in [4.69, 9.17) is 24.4 Å². The highest BCUT2D eigenvalue weighted by molar-refractivity contribution is 8.00. The molecule has 1 unspecified atom stereocenters. The predicted octanol–water partition coefficient (Wildman–Crippen LogP) is 9.29. The molecule has 1 aromatic carbocycles. The number of carboxylic acids is 1. The molecule has 54 heavy (non-hydrogen) atoms. The number of hydrogen-bond acceptors (Lipinski definition) is 10. The summed E-state index contributed by atoms with van der Waals surface area (Å²) in [4.78, 5) is 29.2. The van der Waals surface area contributed by atoms with Crippen molar-refractivity contribution in [3.05, 3.63) is 95.0 Å². The van der Waals surface area contributed by atoms with Crippen LogP contribution in [-0.4, -0.2) is 65.0 Å². The number of pyridine rings is 1. The normalized spacial score (nSPS) is 16.6. The third-order valence-corrected chi connectivity index (χ3v) is 10.5. The van der Waals surface area contributed by atoms with Gasteiger partial charge in [-0.1, -0.05) is 83.2 Å². The number of rotatable bonds is 17. The van der Waals surface area contributed by atoms with Gasteiger partial charge in [-0.3, -0.25) is 9.71 Å². The van der Waals surface area contributed by atoms with E-state index >= 15 is 0 Å². The van der Waals surface area contributed by atoms with Crippen molar-refractivity contribution in [2.45, 2.75) is 97.0 Å². The van der Waals surface area contributed by atoms with E-state index in [9.17, 15) is 9.90 Å². The molecule has 0 amide bonds. The molecule has 3 aromatic rings. The van der Waals surface area contributed by atoms with Gasteiger partial charge in [-0.2, -0.15) is 4.98 Å². The predicted molar refractivity (Wildman–Crippen MR) is 220 cm³/mol. The zero-order valence-corrected chi connectivity index (χ0v) is 33.5. The molecule has 1 aliphatic heterocycles. The number of aromatic carboxylic acids is 1. The average molecular weight is 755 g/mol. The number of hydrogen-bond donors (Lipinski definition) is 3. The van der Waals surface area contributed by atoms with Crippen molar-refractivity contribution in [2.24, 2.45) is 11.3 Å². The Morgan fingerprint density at radius 1 is 1.11 bits per heavy atom. The minimum absolute atomic E-state index is 0.0363. The Labute approximate surface area is 326 Å². The Bertz CT molecular complexity index is 1740. The van der Waals surface area contributed by atoms with Gasteiger partial charge in [0.25, 0.3) is 0 Å². The summed E-state index contributed by atoms with van der Waals surface area (Å²) in [5.74, 6) is 0.596. The van der Waals surface area contributed by atoms with Crippen LogP contribution in [0.15, 0.2) is 77.4 Å². The first kappa shape index (κ1) is 41.0. The third-order valence-electron chi connectivity index (χ3n) is 9.70. The fraction of sp³-hybridized carbons (Fsp3) is 0.488. The van der Waals surface area contributed by atoms with Gasteiger partial charge in [0, 0.05) is 36.1 Å². The summed E-state index contributed by atoms with van der Waals surface area (Å²) in [6.45, 7) is 15.0. The molecular formula is C43H58N6O4S. The van der Waals surface area contributed by atoms with Crippen LogP contribution >= 0.6 is 11.9 Å². The standard InChI is InChI=1S/C43H58N6O4S/c1-6-7-9-15-33(24-32-13-10-8-11-14-32)25-39-31(2)40(47-42(46-39)48-54-38-17-12-16-34(26-38)41(50)51)53-30-36(27-43(3,4)5)44-28-35-18-19-37(29-45-35)49-20-22-52-23-21-49/h6-7,9,12,15-19,25-26,29,32,36,44H,8,10-11,13-14,20-24,27-28,30H2,1-5H3,(H,50,51)(H,46,47,48)/b7-6+,15-9-,33-25-. The molecule has 11 heteroatoms. The highest BCUT2D eigenvalue weighted by atomic mass is 32.2. The Kier molecular flexibility index (Phi) is 15.5. The van der Waals surface area contributed by atoms with Gasteiger partial charge < -0.3 is 24.8 Å². The second kappa shape index (κ2) is 20.5. The SMILES string of the molecule is C/C=C/C=C\C(=C\c1nc(NSc2cccc(C(=O)O)c2)nc(OCC(CC(C)(C)C)NCc2ccc(N3CCOCC3)cn2)c1C)CC1CCCCC1. The molecule has 0 spiro atoms. The minimum atomic E-state index is -0.970. The molecule has 1 saturated carbocycles. The molecule has 1 atom stereocenters. The van der Waals surface area contributed by atoms with Crippen molar-refractivity contribution >= 4 is 35.6 Å². The average Bonchev–Trinajstić information content (AvgIpc) is 3.17. The maximum absolute atomic E-state index is 11.6. The highest BCUT2D eigenvalue weighted by Crippen LogP contribution is 2.32. The number of nitrogens with one attached hydrogen (secondary N) is 2. The van der Waals surface area contributed by atoms with Crippen LogP contribution in [0.4, 0.5) is 11.6 Å². The number of nitrogens with zero attached hydrogens (tertiary/aromatic N) is 4. The molecule has 1 saturated heterocycles. The second-order valence-electron chi connectivity index (χ2n) is 15.5. The molecule has 1 aliphatic carbocycles. The molecule has 2 aliphatic rings. The lowest BCUT2D eigenvalue weighted by molar-refractivity contribution is 0.0696. The van der Waals surface area contributed by atoms with Gasteiger partial charge in [0.2, 0.25) is 11.8 Å². The molecule has 2 aromatic heterocycles. The number of anilines is 2. The van der Waals surface area contributed by atoms with Crippen molar-refractivity contribution in [3.63, 3.8) is 0 Å². The quantitative estimate of drug-likeness (QED) is 0.0903. The van der Waals surface area contributed by atoms with E-state index in [0.29, 0.717) is 30.9 Å². The summed E-state index contributed by atoms with van der Waals surface area (Å²) in [5, 5.41) is 13.2. The Balaban J connectivity index is 1.38. The molecule has 0 radical (unpaired) electrons. The zero-order chi connectivity index (χ0) is 38.3. The first-order valence-corrected chi connectivity index (χ1v) is 20.2. The molecule has 290 valence electrons. The third kappa shape index (κ3) is 13.3. The summed E-state index contributed by atoms with van der Waals surface area (Å²) >= 11 is 1.27. The van der Waals surface area contributed by atoms with Crippen molar-refractivity contribution in [3.8, 4) is 5.88 Å². The fourth-order valence-corrected chi connectivity index (χ4v) is 7.52. The first-order chi connectivity index (χ1) is 26.1. The van der Waals surface area contributed by atoms with E-state index in [1.807, 2.05) is 32.2 Å². The number of allylic oxidation sites excluding steroid dienone is 5. The number of morpholine rings is 1. The van der Waals surface area contributed by atoms with Crippen LogP contribution in [-0.2, 0) is 11.3 Å². The molecule has 3 N–H and O–H groups in total. The minimum Gasteiger partial charge on any atom is -0.478 e. The smallest absolute Gasteiger partial charge is 0.335 e. The van der Waals surface area contributed by atoms with Crippen molar-refractivity contribution in [2.75, 3.05) is 42.5 Å². The topological polar surface area (TPSA) is 122 Å². The number of carbonyl (C=O) groups is 1. The van der Waals surface area contributed by atoms with E-state index in [2.05, 4.69) is 72.1 Å². The van der Waals surface area contributed by atoms with E-state index in [0.717, 1.165) is 66.7 Å². The van der Waals surface area contributed by atoms with Gasteiger partial charge in [-0.05, 0) is 92.0 Å². The molecule has 5 rings (SSSR count). The Morgan fingerprint density at radius 2 is 1.91 bits per heavy atom. The van der Waals surface area contributed by atoms with Gasteiger partial charge >= 0.3 is 5.97 Å². The number of ether oxygens (including phenoxy) is 2. The van der Waals surface area contributed by atoms with Gasteiger partial charge in [0.15, 0.2) is 0 Å². The maximum Gasteiger partial charge on any atom is 0.335 e. The molecular weight excluding hydrogens is 697 g/mol. The van der Waals surface area contributed by atoms with Gasteiger partial charge in [-0.15, -0.1) is 0 Å². The lowest BCUT2D eigenvalue weighted by Crippen LogP contribution is -2.38. The first-order valence-electron chi connectivity index (χ1n) is 19.3. The molecule has 10 nitrogen and oxygen atoms in total. The maximum atomic E-state index is 11.6. The van der Waals surface area contributed by atoms with Crippen molar-refractivity contribution < 1.29 is 19.4 Å². The number of carboxylic acid groups (broad SMARTS) is 1. The van der Waals surface area contributed by atoms with Gasteiger partial charge in [0.1, 0.15) is 6.61 Å². The van der Waals surface area contributed by atoms with Crippen LogP contribution in [0.5, 0.6) is 5.88 Å². The van der Waals surface area contributed by atoms with E-state index in [1.54, 1.807) is 18.2 Å². The number of aromatic nitrogens is 3. The Morgan fingerprint density at radius 3 is 2.61 bits per heavy atom. The van der Waals surface area contributed by atoms with Crippen LogP contribution in [0, 0.1) is 18.3 Å². The van der Waals surface area contributed by atoms with Gasteiger partial charge in [-0.25, -0.2) is 9.78 Å². The lowest BCUT2D eigenvalue weighted by Gasteiger charge is -2.29. The summed E-state index contributed by atoms with van der Waals surface area (Å²) in [7, 11) is 0. The number of benzene rings is 1. The van der Waals surface area contributed by atoms with E-state index in [-0.39, 0.29) is 17.0 Å². The Hall–Kier alpha value is -4.19. The largest absolute Gasteiger partial charge is 0.478 e.